The van der Waals surface area contributed by atoms with Crippen molar-refractivity contribution in [2.75, 3.05) is 5.32 Å². The van der Waals surface area contributed by atoms with Crippen molar-refractivity contribution in [3.05, 3.63) is 16.0 Å². The number of rotatable bonds is 2. The summed E-state index contributed by atoms with van der Waals surface area (Å²) in [6.45, 7) is 4.03. The van der Waals surface area contributed by atoms with Gasteiger partial charge in [-0.25, -0.2) is 0 Å². The Balaban J connectivity index is 2.35. The molecule has 90 valence electrons. The van der Waals surface area contributed by atoms with Crippen LogP contribution in [0.25, 0.3) is 0 Å². The molecule has 1 aliphatic rings. The van der Waals surface area contributed by atoms with Crippen LogP contribution in [0, 0.1) is 17.2 Å². The minimum atomic E-state index is -0.0202. The number of carbonyl (C=O) groups excluding carboxylic acids is 1. The fraction of sp³-hybridized carbons (Fsp3) is 0.538. The van der Waals surface area contributed by atoms with Gasteiger partial charge in [0.2, 0.25) is 5.91 Å². The molecule has 17 heavy (non-hydrogen) atoms. The Morgan fingerprint density at radius 1 is 1.65 bits per heavy atom. The fourth-order valence-electron chi connectivity index (χ4n) is 2.18. The maximum absolute atomic E-state index is 11.4. The summed E-state index contributed by atoms with van der Waals surface area (Å²) in [5, 5.41) is 12.8. The molecule has 0 bridgehead atoms. The Morgan fingerprint density at radius 3 is 3.06 bits per heavy atom. The summed E-state index contributed by atoms with van der Waals surface area (Å²) in [6, 6.07) is 2.25. The van der Waals surface area contributed by atoms with E-state index < -0.39 is 0 Å². The van der Waals surface area contributed by atoms with Crippen molar-refractivity contribution in [3.63, 3.8) is 0 Å². The highest BCUT2D eigenvalue weighted by Crippen LogP contribution is 2.39. The van der Waals surface area contributed by atoms with E-state index in [0.29, 0.717) is 17.9 Å². The average Bonchev–Trinajstić information content (AvgIpc) is 2.65. The second kappa shape index (κ2) is 4.89. The Hall–Kier alpha value is -1.34. The standard InChI is InChI=1S/C13H16N2OS/c1-3-12(16)15-13-10(7-14)9-6-8(2)4-5-11(9)17-13/h8H,3-6H2,1-2H3,(H,15,16). The lowest BCUT2D eigenvalue weighted by molar-refractivity contribution is -0.115. The highest BCUT2D eigenvalue weighted by atomic mass is 32.1. The monoisotopic (exact) mass is 248 g/mol. The molecule has 1 heterocycles. The molecule has 1 aliphatic carbocycles. The third-order valence-electron chi connectivity index (χ3n) is 3.19. The van der Waals surface area contributed by atoms with E-state index in [1.807, 2.05) is 6.92 Å². The normalized spacial score (nSPS) is 18.3. The van der Waals surface area contributed by atoms with Crippen molar-refractivity contribution < 1.29 is 4.79 Å². The van der Waals surface area contributed by atoms with Crippen molar-refractivity contribution in [3.8, 4) is 6.07 Å². The van der Waals surface area contributed by atoms with Crippen LogP contribution in [0.2, 0.25) is 0 Å². The molecule has 1 aromatic heterocycles. The van der Waals surface area contributed by atoms with E-state index in [1.165, 1.54) is 16.9 Å². The summed E-state index contributed by atoms with van der Waals surface area (Å²) in [5.41, 5.74) is 1.86. The predicted molar refractivity (Wildman–Crippen MR) is 69.1 cm³/mol. The Bertz CT molecular complexity index is 484. The number of amides is 1. The lowest BCUT2D eigenvalue weighted by Crippen LogP contribution is -2.11. The molecule has 1 N–H and O–H groups in total. The molecule has 1 aromatic rings. The zero-order chi connectivity index (χ0) is 12.4. The van der Waals surface area contributed by atoms with Gasteiger partial charge in [0.05, 0.1) is 5.56 Å². The largest absolute Gasteiger partial charge is 0.317 e. The number of aryl methyl sites for hydroxylation is 1. The molecular weight excluding hydrogens is 232 g/mol. The van der Waals surface area contributed by atoms with Crippen LogP contribution in [0.4, 0.5) is 5.00 Å². The number of hydrogen-bond acceptors (Lipinski definition) is 3. The Kier molecular flexibility index (Phi) is 3.49. The van der Waals surface area contributed by atoms with Gasteiger partial charge < -0.3 is 5.32 Å². The first-order chi connectivity index (χ1) is 8.15. The third kappa shape index (κ3) is 2.34. The topological polar surface area (TPSA) is 52.9 Å². The quantitative estimate of drug-likeness (QED) is 0.874. The van der Waals surface area contributed by atoms with Gasteiger partial charge in [-0.05, 0) is 30.7 Å². The zero-order valence-corrected chi connectivity index (χ0v) is 11.0. The molecule has 0 aromatic carbocycles. The van der Waals surface area contributed by atoms with Gasteiger partial charge in [0, 0.05) is 11.3 Å². The minimum absolute atomic E-state index is 0.0202. The number of nitrogens with one attached hydrogen (secondary N) is 1. The van der Waals surface area contributed by atoms with Crippen molar-refractivity contribution in [2.45, 2.75) is 39.5 Å². The summed E-state index contributed by atoms with van der Waals surface area (Å²) < 4.78 is 0. The van der Waals surface area contributed by atoms with Crippen molar-refractivity contribution in [1.29, 1.82) is 5.26 Å². The van der Waals surface area contributed by atoms with Gasteiger partial charge >= 0.3 is 0 Å². The van der Waals surface area contributed by atoms with Crippen molar-refractivity contribution in [2.24, 2.45) is 5.92 Å². The zero-order valence-electron chi connectivity index (χ0n) is 10.2. The number of carbonyl (C=O) groups is 1. The van der Waals surface area contributed by atoms with Gasteiger partial charge in [-0.2, -0.15) is 5.26 Å². The lowest BCUT2D eigenvalue weighted by Gasteiger charge is -2.17. The van der Waals surface area contributed by atoms with E-state index in [-0.39, 0.29) is 5.91 Å². The Morgan fingerprint density at radius 2 is 2.41 bits per heavy atom. The first-order valence-electron chi connectivity index (χ1n) is 6.00. The summed E-state index contributed by atoms with van der Waals surface area (Å²) in [7, 11) is 0. The van der Waals surface area contributed by atoms with Crippen LogP contribution in [-0.2, 0) is 17.6 Å². The summed E-state index contributed by atoms with van der Waals surface area (Å²) in [5.74, 6) is 0.618. The molecule has 0 fully saturated rings. The van der Waals surface area contributed by atoms with E-state index in [1.54, 1.807) is 11.3 Å². The van der Waals surface area contributed by atoms with Crippen molar-refractivity contribution in [1.82, 2.24) is 0 Å². The van der Waals surface area contributed by atoms with Gasteiger partial charge in [-0.1, -0.05) is 13.8 Å². The van der Waals surface area contributed by atoms with Gasteiger partial charge in [-0.3, -0.25) is 4.79 Å². The minimum Gasteiger partial charge on any atom is -0.317 e. The van der Waals surface area contributed by atoms with Crippen LogP contribution in [0.3, 0.4) is 0 Å². The summed E-state index contributed by atoms with van der Waals surface area (Å²) in [6.07, 6.45) is 3.64. The maximum Gasteiger partial charge on any atom is 0.224 e. The van der Waals surface area contributed by atoms with Crippen molar-refractivity contribution >= 4 is 22.2 Å². The number of fused-ring (bicyclic) bond motifs is 1. The molecule has 0 saturated carbocycles. The first-order valence-corrected chi connectivity index (χ1v) is 6.81. The molecule has 1 atom stereocenters. The smallest absolute Gasteiger partial charge is 0.224 e. The van der Waals surface area contributed by atoms with Crippen LogP contribution in [0.1, 0.15) is 42.7 Å². The SMILES string of the molecule is CCC(=O)Nc1sc2c(c1C#N)CC(C)CC2. The maximum atomic E-state index is 11.4. The third-order valence-corrected chi connectivity index (χ3v) is 4.40. The highest BCUT2D eigenvalue weighted by Gasteiger charge is 2.24. The molecule has 0 spiro atoms. The number of nitrogens with zero attached hydrogens (tertiary/aromatic N) is 1. The van der Waals surface area contributed by atoms with Crippen LogP contribution in [0.15, 0.2) is 0 Å². The lowest BCUT2D eigenvalue weighted by atomic mass is 9.88. The molecule has 3 nitrogen and oxygen atoms in total. The van der Waals surface area contributed by atoms with E-state index >= 15 is 0 Å². The second-order valence-corrected chi connectivity index (χ2v) is 5.67. The van der Waals surface area contributed by atoms with E-state index in [2.05, 4.69) is 18.3 Å². The summed E-state index contributed by atoms with van der Waals surface area (Å²) in [4.78, 5) is 12.7. The van der Waals surface area contributed by atoms with E-state index in [0.717, 1.165) is 17.8 Å². The first kappa shape index (κ1) is 12.1. The molecule has 0 saturated heterocycles. The molecule has 4 heteroatoms. The van der Waals surface area contributed by atoms with E-state index in [9.17, 15) is 10.1 Å². The molecular formula is C13H16N2OS. The average molecular weight is 248 g/mol. The molecule has 2 rings (SSSR count). The number of hydrogen-bond donors (Lipinski definition) is 1. The predicted octanol–water partition coefficient (Wildman–Crippen LogP) is 3.09. The van der Waals surface area contributed by atoms with Crippen LogP contribution in [0.5, 0.6) is 0 Å². The number of thiophene rings is 1. The second-order valence-electron chi connectivity index (χ2n) is 4.57. The molecule has 1 amide bonds. The molecule has 0 radical (unpaired) electrons. The van der Waals surface area contributed by atoms with Crippen LogP contribution < -0.4 is 5.32 Å². The fourth-order valence-corrected chi connectivity index (χ4v) is 3.39. The van der Waals surface area contributed by atoms with E-state index in [4.69, 9.17) is 0 Å². The van der Waals surface area contributed by atoms with Gasteiger partial charge in [0.15, 0.2) is 0 Å². The van der Waals surface area contributed by atoms with Gasteiger partial charge in [0.1, 0.15) is 11.1 Å². The van der Waals surface area contributed by atoms with Gasteiger partial charge in [0.25, 0.3) is 0 Å². The summed E-state index contributed by atoms with van der Waals surface area (Å²) >= 11 is 1.58. The molecule has 0 aliphatic heterocycles. The highest BCUT2D eigenvalue weighted by molar-refractivity contribution is 7.16. The van der Waals surface area contributed by atoms with Crippen LogP contribution in [-0.4, -0.2) is 5.91 Å². The number of anilines is 1. The Labute approximate surface area is 105 Å². The van der Waals surface area contributed by atoms with Gasteiger partial charge in [-0.15, -0.1) is 11.3 Å². The molecule has 1 unspecified atom stereocenters. The number of nitriles is 1. The van der Waals surface area contributed by atoms with Crippen LogP contribution >= 0.6 is 11.3 Å².